The van der Waals surface area contributed by atoms with Gasteiger partial charge >= 0.3 is 0 Å². The number of allylic oxidation sites excluding steroid dienone is 1. The minimum absolute atomic E-state index is 0.531. The molecule has 0 rings (SSSR count). The van der Waals surface area contributed by atoms with Crippen LogP contribution in [0.25, 0.3) is 0 Å². The molecule has 0 atom stereocenters. The molecule has 0 aliphatic rings. The molecule has 0 aliphatic heterocycles. The lowest BCUT2D eigenvalue weighted by molar-refractivity contribution is 0.690. The molecule has 0 spiro atoms. The molecule has 0 saturated heterocycles. The highest BCUT2D eigenvalue weighted by molar-refractivity contribution is 5.94. The Morgan fingerprint density at radius 1 is 1.36 bits per heavy atom. The molecule has 0 saturated carbocycles. The van der Waals surface area contributed by atoms with E-state index in [2.05, 4.69) is 38.9 Å². The first kappa shape index (κ1) is 12.7. The van der Waals surface area contributed by atoms with Crippen molar-refractivity contribution in [1.29, 1.82) is 0 Å². The molecule has 0 aromatic rings. The first-order valence-electron chi connectivity index (χ1n) is 4.75. The number of hydrogen-bond donors (Lipinski definition) is 0. The molecule has 0 bridgehead atoms. The Balaban J connectivity index is 4.86. The predicted molar refractivity (Wildman–Crippen MR) is 64.2 cm³/mol. The average molecular weight is 192 g/mol. The van der Waals surface area contributed by atoms with Gasteiger partial charge in [-0.25, -0.2) is 4.99 Å². The molecule has 0 radical (unpaired) electrons. The number of aliphatic imine (C=N–C) groups is 1. The van der Waals surface area contributed by atoms with Crippen molar-refractivity contribution in [1.82, 2.24) is 4.90 Å². The normalized spacial score (nSPS) is 12.9. The molecule has 0 unspecified atom stereocenters. The first-order valence-corrected chi connectivity index (χ1v) is 4.75. The Hall–Kier alpha value is -1.31. The Morgan fingerprint density at radius 2 is 1.93 bits per heavy atom. The van der Waals surface area contributed by atoms with Crippen LogP contribution >= 0.6 is 0 Å². The standard InChI is InChI=1S/C12H20N2/c1-7-13-12(14(6)8-2)9-11(5)10(3)4/h7-10H,1-2H2,3-6H3/b11-9+,13-12?. The minimum Gasteiger partial charge on any atom is -0.337 e. The molecule has 0 heterocycles. The van der Waals surface area contributed by atoms with Crippen LogP contribution in [0.5, 0.6) is 0 Å². The Morgan fingerprint density at radius 3 is 2.29 bits per heavy atom. The van der Waals surface area contributed by atoms with E-state index < -0.39 is 0 Å². The molecule has 78 valence electrons. The zero-order chi connectivity index (χ0) is 11.1. The van der Waals surface area contributed by atoms with Crippen molar-refractivity contribution in [2.45, 2.75) is 20.8 Å². The lowest BCUT2D eigenvalue weighted by Crippen LogP contribution is -2.18. The number of hydrogen-bond acceptors (Lipinski definition) is 1. The summed E-state index contributed by atoms with van der Waals surface area (Å²) in [5, 5.41) is 0. The van der Waals surface area contributed by atoms with Crippen molar-refractivity contribution < 1.29 is 0 Å². The smallest absolute Gasteiger partial charge is 0.132 e. The van der Waals surface area contributed by atoms with Gasteiger partial charge in [0.2, 0.25) is 0 Å². The van der Waals surface area contributed by atoms with Gasteiger partial charge in [0.05, 0.1) is 0 Å². The van der Waals surface area contributed by atoms with E-state index >= 15 is 0 Å². The van der Waals surface area contributed by atoms with Gasteiger partial charge in [0.15, 0.2) is 0 Å². The van der Waals surface area contributed by atoms with E-state index in [1.54, 1.807) is 12.4 Å². The van der Waals surface area contributed by atoms with Gasteiger partial charge in [-0.1, -0.05) is 32.6 Å². The average Bonchev–Trinajstić information content (AvgIpc) is 2.15. The summed E-state index contributed by atoms with van der Waals surface area (Å²) >= 11 is 0. The highest BCUT2D eigenvalue weighted by atomic mass is 15.1. The van der Waals surface area contributed by atoms with Gasteiger partial charge in [0.1, 0.15) is 5.84 Å². The van der Waals surface area contributed by atoms with Gasteiger partial charge in [-0.15, -0.1) is 0 Å². The van der Waals surface area contributed by atoms with E-state index in [9.17, 15) is 0 Å². The quantitative estimate of drug-likeness (QED) is 0.493. The van der Waals surface area contributed by atoms with Crippen LogP contribution in [0.4, 0.5) is 0 Å². The lowest BCUT2D eigenvalue weighted by atomic mass is 10.1. The summed E-state index contributed by atoms with van der Waals surface area (Å²) in [4.78, 5) is 6.04. The molecule has 2 nitrogen and oxygen atoms in total. The maximum absolute atomic E-state index is 4.18. The van der Waals surface area contributed by atoms with E-state index in [4.69, 9.17) is 0 Å². The van der Waals surface area contributed by atoms with Crippen LogP contribution < -0.4 is 0 Å². The third-order valence-corrected chi connectivity index (χ3v) is 2.13. The van der Waals surface area contributed by atoms with Crippen molar-refractivity contribution in [2.24, 2.45) is 10.9 Å². The summed E-state index contributed by atoms with van der Waals surface area (Å²) in [5.41, 5.74) is 1.29. The Bertz CT molecular complexity index is 259. The second-order valence-electron chi connectivity index (χ2n) is 3.51. The fraction of sp³-hybridized carbons (Fsp3) is 0.417. The van der Waals surface area contributed by atoms with Crippen LogP contribution in [0.2, 0.25) is 0 Å². The van der Waals surface area contributed by atoms with Crippen LogP contribution in [0.3, 0.4) is 0 Å². The number of nitrogens with zero attached hydrogens (tertiary/aromatic N) is 2. The number of likely N-dealkylation sites (N-methyl/N-ethyl adjacent to an activating group) is 1. The van der Waals surface area contributed by atoms with E-state index in [1.807, 2.05) is 18.0 Å². The second kappa shape index (κ2) is 6.19. The summed E-state index contributed by atoms with van der Waals surface area (Å²) in [6.07, 6.45) is 5.32. The Kier molecular flexibility index (Phi) is 5.61. The number of amidine groups is 1. The molecule has 0 aromatic heterocycles. The fourth-order valence-corrected chi connectivity index (χ4v) is 0.788. The third-order valence-electron chi connectivity index (χ3n) is 2.13. The highest BCUT2D eigenvalue weighted by Gasteiger charge is 2.02. The van der Waals surface area contributed by atoms with Gasteiger partial charge in [-0.3, -0.25) is 0 Å². The maximum atomic E-state index is 4.18. The first-order chi connectivity index (χ1) is 6.52. The molecule has 14 heavy (non-hydrogen) atoms. The van der Waals surface area contributed by atoms with Crippen LogP contribution in [0.15, 0.2) is 42.2 Å². The van der Waals surface area contributed by atoms with Crippen molar-refractivity contribution >= 4 is 5.84 Å². The Labute approximate surface area is 87.3 Å². The van der Waals surface area contributed by atoms with Crippen LogP contribution in [0, 0.1) is 5.92 Å². The predicted octanol–water partition coefficient (Wildman–Crippen LogP) is 3.21. The van der Waals surface area contributed by atoms with E-state index in [0.29, 0.717) is 5.92 Å². The molecular weight excluding hydrogens is 172 g/mol. The van der Waals surface area contributed by atoms with Gasteiger partial charge in [0.25, 0.3) is 0 Å². The number of rotatable bonds is 4. The summed E-state index contributed by atoms with van der Waals surface area (Å²) in [6, 6.07) is 0. The van der Waals surface area contributed by atoms with Crippen molar-refractivity contribution in [3.63, 3.8) is 0 Å². The monoisotopic (exact) mass is 192 g/mol. The maximum Gasteiger partial charge on any atom is 0.132 e. The van der Waals surface area contributed by atoms with Gasteiger partial charge in [0, 0.05) is 13.2 Å². The van der Waals surface area contributed by atoms with Crippen molar-refractivity contribution in [2.75, 3.05) is 7.05 Å². The molecular formula is C12H20N2. The second-order valence-corrected chi connectivity index (χ2v) is 3.51. The van der Waals surface area contributed by atoms with Crippen molar-refractivity contribution in [3.05, 3.63) is 37.2 Å². The summed E-state index contributed by atoms with van der Waals surface area (Å²) in [7, 11) is 1.92. The van der Waals surface area contributed by atoms with E-state index in [0.717, 1.165) is 5.84 Å². The molecule has 0 fully saturated rings. The van der Waals surface area contributed by atoms with Crippen LogP contribution in [-0.4, -0.2) is 17.8 Å². The van der Waals surface area contributed by atoms with Gasteiger partial charge in [-0.2, -0.15) is 0 Å². The van der Waals surface area contributed by atoms with Crippen LogP contribution in [0.1, 0.15) is 20.8 Å². The van der Waals surface area contributed by atoms with Crippen LogP contribution in [-0.2, 0) is 0 Å². The third kappa shape index (κ3) is 4.08. The van der Waals surface area contributed by atoms with E-state index in [-0.39, 0.29) is 0 Å². The van der Waals surface area contributed by atoms with Gasteiger partial charge < -0.3 is 4.90 Å². The summed E-state index contributed by atoms with van der Waals surface area (Å²) < 4.78 is 0. The molecule has 0 aromatic carbocycles. The van der Waals surface area contributed by atoms with Crippen molar-refractivity contribution in [3.8, 4) is 0 Å². The minimum atomic E-state index is 0.531. The van der Waals surface area contributed by atoms with E-state index in [1.165, 1.54) is 5.57 Å². The fourth-order valence-electron chi connectivity index (χ4n) is 0.788. The zero-order valence-electron chi connectivity index (χ0n) is 9.62. The largest absolute Gasteiger partial charge is 0.337 e. The molecule has 0 aliphatic carbocycles. The topological polar surface area (TPSA) is 15.6 Å². The summed E-state index contributed by atoms with van der Waals surface area (Å²) in [5.74, 6) is 1.39. The summed E-state index contributed by atoms with van der Waals surface area (Å²) in [6.45, 7) is 13.7. The zero-order valence-corrected chi connectivity index (χ0v) is 9.62. The van der Waals surface area contributed by atoms with Gasteiger partial charge in [-0.05, 0) is 25.1 Å². The SMILES string of the molecule is C=CN=C(/C=C(\C)C(C)C)N(C)C=C. The molecule has 0 N–H and O–H groups in total. The highest BCUT2D eigenvalue weighted by Crippen LogP contribution is 2.09. The molecule has 0 amide bonds. The molecule has 2 heteroatoms. The lowest BCUT2D eigenvalue weighted by Gasteiger charge is -2.14.